The summed E-state index contributed by atoms with van der Waals surface area (Å²) in [5.74, 6) is 0.825. The van der Waals surface area contributed by atoms with Crippen LogP contribution in [0.1, 0.15) is 27.2 Å². The molecule has 3 nitrogen and oxygen atoms in total. The molecule has 1 aromatic carbocycles. The van der Waals surface area contributed by atoms with Gasteiger partial charge in [0.2, 0.25) is 5.91 Å². The summed E-state index contributed by atoms with van der Waals surface area (Å²) in [7, 11) is 1.62. The quantitative estimate of drug-likeness (QED) is 0.851. The van der Waals surface area contributed by atoms with Gasteiger partial charge in [-0.1, -0.05) is 20.8 Å². The van der Waals surface area contributed by atoms with Gasteiger partial charge in [-0.3, -0.25) is 4.79 Å². The van der Waals surface area contributed by atoms with Crippen molar-refractivity contribution in [3.05, 3.63) is 24.3 Å². The fraction of sp³-hybridized carbons (Fsp3) is 0.462. The SMILES string of the molecule is COc1ccc(NC(=O)CC(C)(C)C)cc1. The minimum atomic E-state index is 0.0105. The lowest BCUT2D eigenvalue weighted by molar-refractivity contribution is -0.117. The minimum Gasteiger partial charge on any atom is -0.497 e. The number of hydrogen-bond donors (Lipinski definition) is 1. The van der Waals surface area contributed by atoms with Crippen LogP contribution >= 0.6 is 0 Å². The first-order valence-corrected chi connectivity index (χ1v) is 5.34. The number of methoxy groups -OCH3 is 1. The van der Waals surface area contributed by atoms with E-state index in [2.05, 4.69) is 5.32 Å². The van der Waals surface area contributed by atoms with E-state index in [-0.39, 0.29) is 11.3 Å². The number of anilines is 1. The fourth-order valence-electron chi connectivity index (χ4n) is 1.36. The maximum atomic E-state index is 11.6. The first-order chi connectivity index (χ1) is 7.40. The standard InChI is InChI=1S/C13H19NO2/c1-13(2,3)9-12(15)14-10-5-7-11(16-4)8-6-10/h5-8H,9H2,1-4H3,(H,14,15). The van der Waals surface area contributed by atoms with Gasteiger partial charge in [-0.25, -0.2) is 0 Å². The molecule has 0 aromatic heterocycles. The molecule has 3 heteroatoms. The van der Waals surface area contributed by atoms with E-state index in [1.54, 1.807) is 7.11 Å². The molecule has 0 bridgehead atoms. The molecule has 1 rings (SSSR count). The third-order valence-corrected chi connectivity index (χ3v) is 2.06. The Bertz CT molecular complexity index is 349. The van der Waals surface area contributed by atoms with E-state index >= 15 is 0 Å². The summed E-state index contributed by atoms with van der Waals surface area (Å²) in [4.78, 5) is 11.6. The Kier molecular flexibility index (Phi) is 3.93. The Labute approximate surface area is 96.8 Å². The molecule has 1 N–H and O–H groups in total. The number of ether oxygens (including phenoxy) is 1. The van der Waals surface area contributed by atoms with E-state index < -0.39 is 0 Å². The predicted octanol–water partition coefficient (Wildman–Crippen LogP) is 3.07. The number of carbonyl (C=O) groups excluding carboxylic acids is 1. The summed E-state index contributed by atoms with van der Waals surface area (Å²) in [6.45, 7) is 6.13. The number of benzene rings is 1. The van der Waals surface area contributed by atoms with Crippen molar-refractivity contribution in [2.45, 2.75) is 27.2 Å². The number of rotatable bonds is 3. The summed E-state index contributed by atoms with van der Waals surface area (Å²) in [5.41, 5.74) is 0.811. The number of carbonyl (C=O) groups is 1. The van der Waals surface area contributed by atoms with E-state index in [0.717, 1.165) is 11.4 Å². The molecular formula is C13H19NO2. The van der Waals surface area contributed by atoms with Crippen molar-refractivity contribution in [1.29, 1.82) is 0 Å². The van der Waals surface area contributed by atoms with E-state index in [9.17, 15) is 4.79 Å². The monoisotopic (exact) mass is 221 g/mol. The molecule has 0 aliphatic rings. The topological polar surface area (TPSA) is 38.3 Å². The molecule has 0 fully saturated rings. The number of nitrogens with one attached hydrogen (secondary N) is 1. The molecule has 0 unspecified atom stereocenters. The minimum absolute atomic E-state index is 0.0105. The molecule has 0 saturated carbocycles. The van der Waals surface area contributed by atoms with Crippen LogP contribution in [0.4, 0.5) is 5.69 Å². The smallest absolute Gasteiger partial charge is 0.224 e. The van der Waals surface area contributed by atoms with Crippen molar-refractivity contribution >= 4 is 11.6 Å². The molecule has 0 atom stereocenters. The van der Waals surface area contributed by atoms with Crippen molar-refractivity contribution in [3.63, 3.8) is 0 Å². The molecule has 1 amide bonds. The van der Waals surface area contributed by atoms with Gasteiger partial charge in [0.25, 0.3) is 0 Å². The average Bonchev–Trinajstić information content (AvgIpc) is 2.16. The lowest BCUT2D eigenvalue weighted by atomic mass is 9.92. The molecule has 0 aliphatic heterocycles. The maximum absolute atomic E-state index is 11.6. The highest BCUT2D eigenvalue weighted by Crippen LogP contribution is 2.20. The van der Waals surface area contributed by atoms with Gasteiger partial charge in [0, 0.05) is 12.1 Å². The van der Waals surface area contributed by atoms with E-state index in [0.29, 0.717) is 6.42 Å². The maximum Gasteiger partial charge on any atom is 0.224 e. The second-order valence-corrected chi connectivity index (χ2v) is 5.01. The first-order valence-electron chi connectivity index (χ1n) is 5.34. The Morgan fingerprint density at radius 1 is 1.25 bits per heavy atom. The van der Waals surface area contributed by atoms with E-state index in [4.69, 9.17) is 4.74 Å². The van der Waals surface area contributed by atoms with Crippen molar-refractivity contribution in [2.75, 3.05) is 12.4 Å². The highest BCUT2D eigenvalue weighted by molar-refractivity contribution is 5.91. The lowest BCUT2D eigenvalue weighted by Gasteiger charge is -2.17. The molecule has 0 radical (unpaired) electrons. The predicted molar refractivity (Wildman–Crippen MR) is 65.7 cm³/mol. The number of amides is 1. The van der Waals surface area contributed by atoms with Gasteiger partial charge in [-0.15, -0.1) is 0 Å². The van der Waals surface area contributed by atoms with Crippen molar-refractivity contribution in [3.8, 4) is 5.75 Å². The lowest BCUT2D eigenvalue weighted by Crippen LogP contribution is -2.19. The van der Waals surface area contributed by atoms with Crippen LogP contribution in [0, 0.1) is 5.41 Å². The van der Waals surface area contributed by atoms with Gasteiger partial charge in [-0.05, 0) is 29.7 Å². The second-order valence-electron chi connectivity index (χ2n) is 5.01. The van der Waals surface area contributed by atoms with Gasteiger partial charge in [0.05, 0.1) is 7.11 Å². The summed E-state index contributed by atoms with van der Waals surface area (Å²) in [6.07, 6.45) is 0.513. The molecule has 1 aromatic rings. The average molecular weight is 221 g/mol. The molecule has 0 saturated heterocycles. The summed E-state index contributed by atoms with van der Waals surface area (Å²) in [6, 6.07) is 7.32. The Morgan fingerprint density at radius 2 is 1.81 bits per heavy atom. The Balaban J connectivity index is 2.56. The van der Waals surface area contributed by atoms with Crippen LogP contribution in [0.25, 0.3) is 0 Å². The molecule has 88 valence electrons. The van der Waals surface area contributed by atoms with Crippen LogP contribution in [0.15, 0.2) is 24.3 Å². The summed E-state index contributed by atoms with van der Waals surface area (Å²) >= 11 is 0. The highest BCUT2D eigenvalue weighted by atomic mass is 16.5. The van der Waals surface area contributed by atoms with E-state index in [1.807, 2.05) is 45.0 Å². The van der Waals surface area contributed by atoms with Gasteiger partial charge in [0.1, 0.15) is 5.75 Å². The molecular weight excluding hydrogens is 202 g/mol. The van der Waals surface area contributed by atoms with E-state index in [1.165, 1.54) is 0 Å². The second kappa shape index (κ2) is 5.01. The fourth-order valence-corrected chi connectivity index (χ4v) is 1.36. The molecule has 0 heterocycles. The van der Waals surface area contributed by atoms with Gasteiger partial charge < -0.3 is 10.1 Å². The third kappa shape index (κ3) is 4.34. The van der Waals surface area contributed by atoms with Crippen LogP contribution in [0.3, 0.4) is 0 Å². The summed E-state index contributed by atoms with van der Waals surface area (Å²) < 4.78 is 5.04. The molecule has 0 spiro atoms. The van der Waals surface area contributed by atoms with Crippen LogP contribution in [0.2, 0.25) is 0 Å². The van der Waals surface area contributed by atoms with Crippen LogP contribution < -0.4 is 10.1 Å². The molecule has 16 heavy (non-hydrogen) atoms. The normalized spacial score (nSPS) is 11.0. The zero-order valence-electron chi connectivity index (χ0n) is 10.3. The molecule has 0 aliphatic carbocycles. The number of hydrogen-bond acceptors (Lipinski definition) is 2. The van der Waals surface area contributed by atoms with Crippen LogP contribution in [-0.4, -0.2) is 13.0 Å². The zero-order chi connectivity index (χ0) is 12.2. The highest BCUT2D eigenvalue weighted by Gasteiger charge is 2.15. The summed E-state index contributed by atoms with van der Waals surface area (Å²) in [5, 5.41) is 2.86. The van der Waals surface area contributed by atoms with Crippen molar-refractivity contribution in [2.24, 2.45) is 5.41 Å². The third-order valence-electron chi connectivity index (χ3n) is 2.06. The zero-order valence-corrected chi connectivity index (χ0v) is 10.3. The Hall–Kier alpha value is -1.51. The van der Waals surface area contributed by atoms with Gasteiger partial charge in [-0.2, -0.15) is 0 Å². The van der Waals surface area contributed by atoms with Gasteiger partial charge in [0.15, 0.2) is 0 Å². The largest absolute Gasteiger partial charge is 0.497 e. The first kappa shape index (κ1) is 12.6. The van der Waals surface area contributed by atoms with Crippen molar-refractivity contribution < 1.29 is 9.53 Å². The van der Waals surface area contributed by atoms with Crippen molar-refractivity contribution in [1.82, 2.24) is 0 Å². The van der Waals surface area contributed by atoms with Crippen LogP contribution in [-0.2, 0) is 4.79 Å². The Morgan fingerprint density at radius 3 is 2.25 bits per heavy atom. The van der Waals surface area contributed by atoms with Gasteiger partial charge >= 0.3 is 0 Å². The van der Waals surface area contributed by atoms with Crippen LogP contribution in [0.5, 0.6) is 5.75 Å².